The molecule has 2 aliphatic rings. The van der Waals surface area contributed by atoms with E-state index in [1.807, 2.05) is 45.7 Å². The Morgan fingerprint density at radius 2 is 1.96 bits per heavy atom. The monoisotopic (exact) mass is 344 g/mol. The van der Waals surface area contributed by atoms with Crippen LogP contribution in [0.25, 0.3) is 0 Å². The smallest absolute Gasteiger partial charge is 0.254 e. The van der Waals surface area contributed by atoms with Crippen molar-refractivity contribution in [1.29, 1.82) is 0 Å². The number of ether oxygens (including phenoxy) is 2. The van der Waals surface area contributed by atoms with Gasteiger partial charge in [0.25, 0.3) is 5.91 Å². The summed E-state index contributed by atoms with van der Waals surface area (Å²) in [6.07, 6.45) is 2.99. The topological polar surface area (TPSA) is 74.2 Å². The van der Waals surface area contributed by atoms with E-state index in [-0.39, 0.29) is 16.6 Å². The third-order valence-corrected chi connectivity index (χ3v) is 5.39. The second-order valence-electron chi connectivity index (χ2n) is 7.60. The summed E-state index contributed by atoms with van der Waals surface area (Å²) in [5.41, 5.74) is 0. The van der Waals surface area contributed by atoms with E-state index in [2.05, 4.69) is 4.40 Å². The van der Waals surface area contributed by atoms with Gasteiger partial charge in [-0.2, -0.15) is 0 Å². The van der Waals surface area contributed by atoms with Gasteiger partial charge >= 0.3 is 0 Å². The van der Waals surface area contributed by atoms with E-state index < -0.39 is 23.3 Å². The highest BCUT2D eigenvalue weighted by Gasteiger charge is 2.39. The largest absolute Gasteiger partial charge is 0.591 e. The minimum Gasteiger partial charge on any atom is -0.591 e. The highest BCUT2D eigenvalue weighted by molar-refractivity contribution is 7.91. The zero-order chi connectivity index (χ0) is 17.3. The van der Waals surface area contributed by atoms with Gasteiger partial charge in [0, 0.05) is 19.0 Å². The predicted molar refractivity (Wildman–Crippen MR) is 90.6 cm³/mol. The second kappa shape index (κ2) is 7.09. The van der Waals surface area contributed by atoms with Gasteiger partial charge < -0.3 is 18.9 Å². The standard InChI is InChI=1S/C16H28N2O4S/c1-15(2,3)23(20)17-10-12-6-8-18(9-7-12)14(19)13-11-21-16(4,5)22-13/h10,12-13H,6-9,11H2,1-5H3/t13?,23-/m0/s1. The Morgan fingerprint density at radius 3 is 2.43 bits per heavy atom. The number of rotatable bonds is 3. The molecule has 2 fully saturated rings. The fourth-order valence-electron chi connectivity index (χ4n) is 2.58. The molecule has 0 radical (unpaired) electrons. The Balaban J connectivity index is 1.80. The lowest BCUT2D eigenvalue weighted by Crippen LogP contribution is -2.45. The first-order valence-electron chi connectivity index (χ1n) is 8.15. The summed E-state index contributed by atoms with van der Waals surface area (Å²) in [4.78, 5) is 14.3. The van der Waals surface area contributed by atoms with Crippen LogP contribution in [0, 0.1) is 5.92 Å². The molecule has 2 saturated heterocycles. The van der Waals surface area contributed by atoms with Crippen molar-refractivity contribution in [3.63, 3.8) is 0 Å². The van der Waals surface area contributed by atoms with Gasteiger partial charge in [0.1, 0.15) is 16.1 Å². The maximum absolute atomic E-state index is 12.4. The molecule has 2 heterocycles. The number of likely N-dealkylation sites (tertiary alicyclic amines) is 1. The molecule has 1 unspecified atom stereocenters. The van der Waals surface area contributed by atoms with Gasteiger partial charge in [-0.25, -0.2) is 0 Å². The first kappa shape index (κ1) is 18.7. The molecule has 0 saturated carbocycles. The molecule has 0 aromatic rings. The van der Waals surface area contributed by atoms with Crippen LogP contribution in [0.15, 0.2) is 4.40 Å². The van der Waals surface area contributed by atoms with Crippen molar-refractivity contribution in [2.24, 2.45) is 10.3 Å². The third-order valence-electron chi connectivity index (χ3n) is 4.03. The van der Waals surface area contributed by atoms with Gasteiger partial charge in [-0.3, -0.25) is 4.79 Å². The van der Waals surface area contributed by atoms with Crippen LogP contribution in [0.5, 0.6) is 0 Å². The van der Waals surface area contributed by atoms with Crippen molar-refractivity contribution < 1.29 is 18.8 Å². The average molecular weight is 344 g/mol. The molecular weight excluding hydrogens is 316 g/mol. The van der Waals surface area contributed by atoms with Crippen LogP contribution in [-0.2, 0) is 25.6 Å². The first-order chi connectivity index (χ1) is 10.6. The minimum atomic E-state index is -1.21. The highest BCUT2D eigenvalue weighted by atomic mass is 32.2. The van der Waals surface area contributed by atoms with Gasteiger partial charge in [-0.15, -0.1) is 0 Å². The zero-order valence-electron chi connectivity index (χ0n) is 14.7. The van der Waals surface area contributed by atoms with Gasteiger partial charge in [-0.1, -0.05) is 4.40 Å². The van der Waals surface area contributed by atoms with Crippen LogP contribution in [0.4, 0.5) is 0 Å². The lowest BCUT2D eigenvalue weighted by molar-refractivity contribution is -0.160. The molecule has 0 N–H and O–H groups in total. The first-order valence-corrected chi connectivity index (χ1v) is 9.26. The van der Waals surface area contributed by atoms with E-state index in [0.717, 1.165) is 12.8 Å². The lowest BCUT2D eigenvalue weighted by Gasteiger charge is -2.32. The zero-order valence-corrected chi connectivity index (χ0v) is 15.5. The van der Waals surface area contributed by atoms with E-state index in [0.29, 0.717) is 19.7 Å². The Bertz CT molecular complexity index is 453. The molecule has 0 bridgehead atoms. The van der Waals surface area contributed by atoms with Crippen LogP contribution in [0.2, 0.25) is 0 Å². The number of hydrogen-bond acceptors (Lipinski definition) is 5. The van der Waals surface area contributed by atoms with Crippen LogP contribution < -0.4 is 0 Å². The molecular formula is C16H28N2O4S. The number of amides is 1. The summed E-state index contributed by atoms with van der Waals surface area (Å²) < 4.78 is 26.9. The quantitative estimate of drug-likeness (QED) is 0.579. The molecule has 6 nitrogen and oxygen atoms in total. The number of nitrogens with zero attached hydrogens (tertiary/aromatic N) is 2. The predicted octanol–water partition coefficient (Wildman–Crippen LogP) is 1.91. The summed E-state index contributed by atoms with van der Waals surface area (Å²) >= 11 is -1.21. The average Bonchev–Trinajstić information content (AvgIpc) is 2.83. The molecule has 0 spiro atoms. The normalized spacial score (nSPS) is 27.6. The molecule has 2 rings (SSSR count). The van der Waals surface area contributed by atoms with Crippen molar-refractivity contribution in [1.82, 2.24) is 4.90 Å². The molecule has 132 valence electrons. The van der Waals surface area contributed by atoms with Crippen molar-refractivity contribution in [3.8, 4) is 0 Å². The Labute approximate surface area is 141 Å². The summed E-state index contributed by atoms with van der Waals surface area (Å²) in [5.74, 6) is -0.394. The SMILES string of the molecule is CC1(C)OCC(C(=O)N2CCC(C=N[S@@+]([O-])C(C)(C)C)CC2)O1. The molecule has 1 amide bonds. The Hall–Kier alpha value is -0.630. The number of carbonyl (C=O) groups is 1. The summed E-state index contributed by atoms with van der Waals surface area (Å²) in [5, 5.41) is 0. The van der Waals surface area contributed by atoms with Gasteiger partial charge in [0.15, 0.2) is 11.9 Å². The van der Waals surface area contributed by atoms with Crippen molar-refractivity contribution in [2.45, 2.75) is 64.1 Å². The highest BCUT2D eigenvalue weighted by Crippen LogP contribution is 2.25. The number of piperidine rings is 1. The third kappa shape index (κ3) is 5.17. The summed E-state index contributed by atoms with van der Waals surface area (Å²) in [6, 6.07) is 0. The van der Waals surface area contributed by atoms with Crippen LogP contribution in [-0.4, -0.2) is 57.9 Å². The van der Waals surface area contributed by atoms with E-state index >= 15 is 0 Å². The molecule has 0 aromatic heterocycles. The summed E-state index contributed by atoms with van der Waals surface area (Å²) in [7, 11) is 0. The number of carbonyl (C=O) groups excluding carboxylic acids is 1. The summed E-state index contributed by atoms with van der Waals surface area (Å²) in [6.45, 7) is 11.0. The van der Waals surface area contributed by atoms with E-state index in [1.165, 1.54) is 0 Å². The van der Waals surface area contributed by atoms with Gasteiger partial charge in [0.05, 0.1) is 12.8 Å². The molecule has 23 heavy (non-hydrogen) atoms. The minimum absolute atomic E-state index is 0.00392. The van der Waals surface area contributed by atoms with E-state index in [1.54, 1.807) is 0 Å². The Morgan fingerprint density at radius 1 is 1.35 bits per heavy atom. The maximum atomic E-state index is 12.4. The fraction of sp³-hybridized carbons (Fsp3) is 0.875. The van der Waals surface area contributed by atoms with Gasteiger partial charge in [-0.05, 0) is 47.5 Å². The molecule has 2 atom stereocenters. The van der Waals surface area contributed by atoms with Crippen molar-refractivity contribution in [2.75, 3.05) is 19.7 Å². The molecule has 7 heteroatoms. The lowest BCUT2D eigenvalue weighted by atomic mass is 9.98. The van der Waals surface area contributed by atoms with E-state index in [4.69, 9.17) is 9.47 Å². The Kier molecular flexibility index (Phi) is 5.76. The van der Waals surface area contributed by atoms with Crippen LogP contribution >= 0.6 is 0 Å². The molecule has 0 aromatic carbocycles. The number of hydrogen-bond donors (Lipinski definition) is 0. The van der Waals surface area contributed by atoms with Crippen molar-refractivity contribution >= 4 is 23.5 Å². The second-order valence-corrected chi connectivity index (χ2v) is 9.53. The van der Waals surface area contributed by atoms with Gasteiger partial charge in [0.2, 0.25) is 0 Å². The van der Waals surface area contributed by atoms with E-state index in [9.17, 15) is 9.35 Å². The van der Waals surface area contributed by atoms with Crippen LogP contribution in [0.3, 0.4) is 0 Å². The molecule has 2 aliphatic heterocycles. The molecule has 0 aliphatic carbocycles. The van der Waals surface area contributed by atoms with Crippen molar-refractivity contribution in [3.05, 3.63) is 0 Å². The fourth-order valence-corrected chi connectivity index (χ4v) is 3.18. The maximum Gasteiger partial charge on any atom is 0.254 e. The van der Waals surface area contributed by atoms with Crippen LogP contribution in [0.1, 0.15) is 47.5 Å².